The third-order valence-corrected chi connectivity index (χ3v) is 10.0. The van der Waals surface area contributed by atoms with Gasteiger partial charge in [-0.2, -0.15) is 0 Å². The number of carbonyl (C=O) groups excluding carboxylic acids is 5. The van der Waals surface area contributed by atoms with Gasteiger partial charge < -0.3 is 36.3 Å². The lowest BCUT2D eigenvalue weighted by atomic mass is 9.96. The molecule has 0 radical (unpaired) electrons. The molecule has 4 aliphatic rings. The van der Waals surface area contributed by atoms with Crippen molar-refractivity contribution < 1.29 is 33.9 Å². The van der Waals surface area contributed by atoms with E-state index in [0.29, 0.717) is 12.8 Å². The summed E-state index contributed by atoms with van der Waals surface area (Å²) < 4.78 is 0. The minimum absolute atomic E-state index is 0.0593. The zero-order chi connectivity index (χ0) is 32.5. The van der Waals surface area contributed by atoms with E-state index in [1.54, 1.807) is 0 Å². The first-order valence-corrected chi connectivity index (χ1v) is 16.4. The fraction of sp³-hybridized carbons (Fsp3) is 0.576. The summed E-state index contributed by atoms with van der Waals surface area (Å²) in [7, 11) is 0. The second-order valence-electron chi connectivity index (χ2n) is 13.2. The topological polar surface area (TPSA) is 190 Å². The minimum atomic E-state index is -1.46. The van der Waals surface area contributed by atoms with Gasteiger partial charge in [-0.15, -0.1) is 0 Å². The molecule has 4 fully saturated rings. The van der Waals surface area contributed by atoms with Gasteiger partial charge in [0.05, 0.1) is 6.42 Å². The van der Waals surface area contributed by atoms with Gasteiger partial charge in [-0.05, 0) is 68.9 Å². The number of para-hydroxylation sites is 1. The first-order valence-electron chi connectivity index (χ1n) is 16.4. The number of aryl methyl sites for hydroxylation is 1. The lowest BCUT2D eigenvalue weighted by molar-refractivity contribution is -0.146. The summed E-state index contributed by atoms with van der Waals surface area (Å²) in [6.45, 7) is 2.08. The van der Waals surface area contributed by atoms with Crippen molar-refractivity contribution in [2.45, 2.75) is 101 Å². The highest BCUT2D eigenvalue weighted by molar-refractivity contribution is 5.99. The number of carboxylic acids is 1. The van der Waals surface area contributed by atoms with Crippen LogP contribution in [-0.4, -0.2) is 87.2 Å². The number of nitrogens with zero attached hydrogens (tertiary/aromatic N) is 1. The Morgan fingerprint density at radius 2 is 1.41 bits per heavy atom. The Labute approximate surface area is 266 Å². The molecular weight excluding hydrogens is 592 g/mol. The lowest BCUT2D eigenvalue weighted by Gasteiger charge is -2.31. The highest BCUT2D eigenvalue weighted by Crippen LogP contribution is 2.34. The van der Waals surface area contributed by atoms with Crippen LogP contribution in [0.4, 0.5) is 0 Å². The summed E-state index contributed by atoms with van der Waals surface area (Å²) in [5, 5.41) is 21.9. The summed E-state index contributed by atoms with van der Waals surface area (Å²) in [5.41, 5.74) is 2.45. The number of hydrogen-bond acceptors (Lipinski definition) is 6. The van der Waals surface area contributed by atoms with E-state index >= 15 is 0 Å². The van der Waals surface area contributed by atoms with Crippen LogP contribution < -0.4 is 21.3 Å². The van der Waals surface area contributed by atoms with Crippen LogP contribution in [0.25, 0.3) is 10.9 Å². The van der Waals surface area contributed by atoms with Gasteiger partial charge in [-0.3, -0.25) is 28.8 Å². The quantitative estimate of drug-likeness (QED) is 0.274. The maximum Gasteiger partial charge on any atom is 0.305 e. The Kier molecular flexibility index (Phi) is 9.01. The normalized spacial score (nSPS) is 28.6. The molecule has 5 amide bonds. The highest BCUT2D eigenvalue weighted by Gasteiger charge is 2.44. The van der Waals surface area contributed by atoms with Crippen LogP contribution in [0.15, 0.2) is 24.3 Å². The van der Waals surface area contributed by atoms with Crippen LogP contribution in [0.1, 0.15) is 69.0 Å². The number of aromatic amines is 1. The highest BCUT2D eigenvalue weighted by atomic mass is 16.4. The molecule has 2 aromatic rings. The minimum Gasteiger partial charge on any atom is -0.481 e. The van der Waals surface area contributed by atoms with Gasteiger partial charge in [-0.25, -0.2) is 0 Å². The van der Waals surface area contributed by atoms with Crippen LogP contribution in [0, 0.1) is 18.8 Å². The van der Waals surface area contributed by atoms with Crippen LogP contribution in [0.5, 0.6) is 0 Å². The summed E-state index contributed by atoms with van der Waals surface area (Å²) in [6.07, 6.45) is 5.01. The van der Waals surface area contributed by atoms with Crippen LogP contribution >= 0.6 is 0 Å². The van der Waals surface area contributed by atoms with E-state index in [2.05, 4.69) is 26.3 Å². The predicted octanol–water partition coefficient (Wildman–Crippen LogP) is 1.04. The number of H-pyrrole nitrogens is 1. The van der Waals surface area contributed by atoms with E-state index in [-0.39, 0.29) is 24.8 Å². The van der Waals surface area contributed by atoms with Gasteiger partial charge in [-0.1, -0.05) is 31.0 Å². The summed E-state index contributed by atoms with van der Waals surface area (Å²) in [6, 6.07) is 2.21. The number of carbonyl (C=O) groups is 6. The molecule has 13 heteroatoms. The number of benzene rings is 1. The molecule has 1 aromatic heterocycles. The van der Waals surface area contributed by atoms with Crippen LogP contribution in [0.2, 0.25) is 0 Å². The Morgan fingerprint density at radius 3 is 2.11 bits per heavy atom. The monoisotopic (exact) mass is 634 g/mol. The predicted molar refractivity (Wildman–Crippen MR) is 166 cm³/mol. The lowest BCUT2D eigenvalue weighted by Crippen LogP contribution is -2.59. The first kappa shape index (κ1) is 31.6. The fourth-order valence-electron chi connectivity index (χ4n) is 7.43. The van der Waals surface area contributed by atoms with Crippen molar-refractivity contribution in [3.8, 4) is 0 Å². The van der Waals surface area contributed by atoms with Crippen molar-refractivity contribution in [3.05, 3.63) is 35.5 Å². The van der Waals surface area contributed by atoms with Crippen molar-refractivity contribution in [2.24, 2.45) is 11.8 Å². The van der Waals surface area contributed by atoms with Crippen molar-refractivity contribution in [3.63, 3.8) is 0 Å². The molecule has 1 aromatic carbocycles. The molecule has 0 bridgehead atoms. The average Bonchev–Trinajstić information content (AvgIpc) is 3.38. The third-order valence-electron chi connectivity index (χ3n) is 10.0. The maximum absolute atomic E-state index is 14.0. The number of carboxylic acid groups (broad SMARTS) is 1. The maximum atomic E-state index is 14.0. The Bertz CT molecular complexity index is 1540. The second kappa shape index (κ2) is 13.1. The molecule has 1 unspecified atom stereocenters. The molecule has 2 aliphatic heterocycles. The molecule has 0 spiro atoms. The van der Waals surface area contributed by atoms with E-state index in [4.69, 9.17) is 0 Å². The third kappa shape index (κ3) is 6.59. The standard InChI is InChI=1S/C33H42N6O7/c1-17-21(20-9-4-5-10-22(20)34-17)15-23-29(42)36-24(16-26(40)41)33(46)39-14-6-11-25(39)30(43)37-27(18-7-2-3-8-18)32(45)38-28(19-12-13-19)31(44)35-23/h4-5,9-10,18-19,23-25,27-28,34H,2-3,6-8,11-16H2,1H3,(H,35,44)(H,36,42)(H,37,43)(H,38,45)(H,40,41)/t23-,24-,25+,27-,28?/m1/s1. The van der Waals surface area contributed by atoms with Crippen molar-refractivity contribution in [1.29, 1.82) is 0 Å². The van der Waals surface area contributed by atoms with Gasteiger partial charge in [0.2, 0.25) is 29.5 Å². The van der Waals surface area contributed by atoms with Crippen LogP contribution in [0.3, 0.4) is 0 Å². The Hall–Kier alpha value is -4.42. The van der Waals surface area contributed by atoms with Gasteiger partial charge in [0, 0.05) is 29.6 Å². The Morgan fingerprint density at radius 1 is 0.783 bits per heavy atom. The number of fused-ring (bicyclic) bond motifs is 2. The average molecular weight is 635 g/mol. The SMILES string of the molecule is Cc1[nH]c2ccccc2c1C[C@H]1NC(=O)C(C2CC2)NC(=O)[C@@H](C2CCCC2)NC(=O)[C@@H]2CCCN2C(=O)[C@@H](CC(=O)O)NC1=O. The molecule has 2 saturated carbocycles. The molecule has 5 atom stereocenters. The molecule has 3 heterocycles. The van der Waals surface area contributed by atoms with E-state index in [9.17, 15) is 33.9 Å². The van der Waals surface area contributed by atoms with Crippen LogP contribution in [-0.2, 0) is 35.2 Å². The van der Waals surface area contributed by atoms with E-state index in [1.165, 1.54) is 4.90 Å². The molecule has 246 valence electrons. The molecule has 6 rings (SSSR count). The van der Waals surface area contributed by atoms with Crippen molar-refractivity contribution in [1.82, 2.24) is 31.2 Å². The zero-order valence-electron chi connectivity index (χ0n) is 26.0. The smallest absolute Gasteiger partial charge is 0.305 e. The van der Waals surface area contributed by atoms with Gasteiger partial charge in [0.25, 0.3) is 0 Å². The van der Waals surface area contributed by atoms with Gasteiger partial charge >= 0.3 is 5.97 Å². The summed E-state index contributed by atoms with van der Waals surface area (Å²) >= 11 is 0. The first-order chi connectivity index (χ1) is 22.1. The largest absolute Gasteiger partial charge is 0.481 e. The second-order valence-corrected chi connectivity index (χ2v) is 13.2. The molecular formula is C33H42N6O7. The zero-order valence-corrected chi connectivity index (χ0v) is 26.0. The van der Waals surface area contributed by atoms with E-state index in [0.717, 1.165) is 60.7 Å². The van der Waals surface area contributed by atoms with E-state index < -0.39 is 72.1 Å². The number of aromatic nitrogens is 1. The van der Waals surface area contributed by atoms with Gasteiger partial charge in [0.1, 0.15) is 30.2 Å². The molecule has 2 saturated heterocycles. The number of aliphatic carboxylic acids is 1. The molecule has 46 heavy (non-hydrogen) atoms. The number of amides is 5. The Balaban J connectivity index is 1.38. The molecule has 13 nitrogen and oxygen atoms in total. The van der Waals surface area contributed by atoms with Crippen molar-refractivity contribution >= 4 is 46.4 Å². The number of rotatable bonds is 6. The number of nitrogens with one attached hydrogen (secondary N) is 5. The molecule has 2 aliphatic carbocycles. The fourth-order valence-corrected chi connectivity index (χ4v) is 7.43. The summed E-state index contributed by atoms with van der Waals surface area (Å²) in [4.78, 5) is 85.8. The summed E-state index contributed by atoms with van der Waals surface area (Å²) in [5.74, 6) is -4.43. The van der Waals surface area contributed by atoms with Crippen molar-refractivity contribution in [2.75, 3.05) is 6.54 Å². The van der Waals surface area contributed by atoms with Gasteiger partial charge in [0.15, 0.2) is 0 Å². The number of hydrogen-bond donors (Lipinski definition) is 6. The molecule has 6 N–H and O–H groups in total. The van der Waals surface area contributed by atoms with E-state index in [1.807, 2.05) is 31.2 Å².